The molecule has 2 aromatic heterocycles. The van der Waals surface area contributed by atoms with E-state index in [-0.39, 0.29) is 12.5 Å². The highest BCUT2D eigenvalue weighted by atomic mass is 16.4. The van der Waals surface area contributed by atoms with Crippen molar-refractivity contribution in [3.05, 3.63) is 41.8 Å². The number of furan rings is 1. The first-order valence-electron chi connectivity index (χ1n) is 6.55. The van der Waals surface area contributed by atoms with Crippen LogP contribution in [0.1, 0.15) is 23.0 Å². The molecule has 0 saturated carbocycles. The van der Waals surface area contributed by atoms with Crippen LogP contribution in [0.2, 0.25) is 0 Å². The van der Waals surface area contributed by atoms with Crippen molar-refractivity contribution in [2.24, 2.45) is 0 Å². The number of aliphatic carboxylic acids is 1. The highest BCUT2D eigenvalue weighted by molar-refractivity contribution is 5.97. The number of aromatic nitrogens is 1. The van der Waals surface area contributed by atoms with E-state index in [9.17, 15) is 9.59 Å². The van der Waals surface area contributed by atoms with Crippen LogP contribution in [-0.4, -0.2) is 40.0 Å². The molecule has 6 heteroatoms. The fourth-order valence-corrected chi connectivity index (χ4v) is 2.01. The molecule has 21 heavy (non-hydrogen) atoms. The predicted octanol–water partition coefficient (Wildman–Crippen LogP) is 2.20. The number of carboxylic acids is 1. The fourth-order valence-electron chi connectivity index (χ4n) is 2.01. The molecule has 6 nitrogen and oxygen atoms in total. The third kappa shape index (κ3) is 3.28. The number of carbonyl (C=O) groups excluding carboxylic acids is 1. The summed E-state index contributed by atoms with van der Waals surface area (Å²) in [6.07, 6.45) is 1.55. The molecule has 0 aliphatic heterocycles. The van der Waals surface area contributed by atoms with Gasteiger partial charge in [0.15, 0.2) is 5.76 Å². The van der Waals surface area contributed by atoms with Crippen molar-refractivity contribution in [2.45, 2.75) is 13.8 Å². The largest absolute Gasteiger partial charge is 0.480 e. The average Bonchev–Trinajstić information content (AvgIpc) is 2.98. The summed E-state index contributed by atoms with van der Waals surface area (Å²) < 4.78 is 5.26. The number of likely N-dealkylation sites (N-methyl/N-ethyl adjacent to an activating group) is 1. The molecule has 0 spiro atoms. The first-order valence-corrected chi connectivity index (χ1v) is 6.55. The lowest BCUT2D eigenvalue weighted by Crippen LogP contribution is -2.35. The van der Waals surface area contributed by atoms with E-state index in [0.29, 0.717) is 29.3 Å². The maximum absolute atomic E-state index is 12.3. The van der Waals surface area contributed by atoms with Crippen LogP contribution in [0, 0.1) is 6.92 Å². The van der Waals surface area contributed by atoms with Crippen LogP contribution in [0.25, 0.3) is 11.5 Å². The van der Waals surface area contributed by atoms with Crippen molar-refractivity contribution >= 4 is 11.9 Å². The minimum Gasteiger partial charge on any atom is -0.480 e. The van der Waals surface area contributed by atoms with Crippen LogP contribution in [-0.2, 0) is 4.79 Å². The molecule has 0 aromatic carbocycles. The molecule has 2 aromatic rings. The summed E-state index contributed by atoms with van der Waals surface area (Å²) in [4.78, 5) is 28.7. The van der Waals surface area contributed by atoms with Gasteiger partial charge in [0, 0.05) is 6.54 Å². The monoisotopic (exact) mass is 288 g/mol. The quantitative estimate of drug-likeness (QED) is 0.911. The molecule has 0 atom stereocenters. The Balaban J connectivity index is 2.28. The van der Waals surface area contributed by atoms with Crippen LogP contribution in [0.15, 0.2) is 34.9 Å². The van der Waals surface area contributed by atoms with Crippen molar-refractivity contribution in [2.75, 3.05) is 13.1 Å². The molecule has 1 N–H and O–H groups in total. The molecule has 0 aliphatic rings. The number of pyridine rings is 1. The van der Waals surface area contributed by atoms with E-state index in [0.717, 1.165) is 0 Å². The van der Waals surface area contributed by atoms with E-state index in [4.69, 9.17) is 9.52 Å². The zero-order valence-corrected chi connectivity index (χ0v) is 11.9. The summed E-state index contributed by atoms with van der Waals surface area (Å²) in [6, 6.07) is 6.88. The molecule has 2 rings (SSSR count). The van der Waals surface area contributed by atoms with Gasteiger partial charge in [-0.1, -0.05) is 0 Å². The van der Waals surface area contributed by atoms with Gasteiger partial charge in [0.05, 0.1) is 17.5 Å². The van der Waals surface area contributed by atoms with Crippen molar-refractivity contribution in [3.8, 4) is 11.5 Å². The van der Waals surface area contributed by atoms with Gasteiger partial charge in [0.1, 0.15) is 12.2 Å². The lowest BCUT2D eigenvalue weighted by atomic mass is 10.1. The van der Waals surface area contributed by atoms with E-state index in [1.165, 1.54) is 4.90 Å². The fraction of sp³-hybridized carbons (Fsp3) is 0.267. The van der Waals surface area contributed by atoms with E-state index < -0.39 is 5.97 Å². The number of aryl methyl sites for hydroxylation is 1. The predicted molar refractivity (Wildman–Crippen MR) is 75.9 cm³/mol. The van der Waals surface area contributed by atoms with Gasteiger partial charge in [0.2, 0.25) is 0 Å². The molecule has 2 heterocycles. The summed E-state index contributed by atoms with van der Waals surface area (Å²) in [5.41, 5.74) is 1.57. The topological polar surface area (TPSA) is 83.6 Å². The lowest BCUT2D eigenvalue weighted by molar-refractivity contribution is -0.137. The maximum Gasteiger partial charge on any atom is 0.323 e. The van der Waals surface area contributed by atoms with Crippen LogP contribution in [0.4, 0.5) is 0 Å². The molecule has 1 amide bonds. The Bertz CT molecular complexity index is 650. The van der Waals surface area contributed by atoms with Gasteiger partial charge in [-0.3, -0.25) is 9.59 Å². The number of carboxylic acid groups (broad SMARTS) is 1. The number of amides is 1. The summed E-state index contributed by atoms with van der Waals surface area (Å²) in [6.45, 7) is 3.45. The Morgan fingerprint density at radius 1 is 1.33 bits per heavy atom. The standard InChI is InChI=1S/C15H16N2O4/c1-3-17(9-14(18)19)15(20)11-6-7-12(16-10(11)2)13-5-4-8-21-13/h4-8H,3,9H2,1-2H3,(H,18,19). The molecule has 110 valence electrons. The molecule has 0 radical (unpaired) electrons. The van der Waals surface area contributed by atoms with Gasteiger partial charge < -0.3 is 14.4 Å². The summed E-state index contributed by atoms with van der Waals surface area (Å²) in [5.74, 6) is -0.756. The molecular weight excluding hydrogens is 272 g/mol. The number of nitrogens with zero attached hydrogens (tertiary/aromatic N) is 2. The zero-order valence-electron chi connectivity index (χ0n) is 11.9. The van der Waals surface area contributed by atoms with E-state index in [2.05, 4.69) is 4.98 Å². The van der Waals surface area contributed by atoms with Gasteiger partial charge in [0.25, 0.3) is 5.91 Å². The van der Waals surface area contributed by atoms with E-state index >= 15 is 0 Å². The Labute approximate surface area is 122 Å². The molecular formula is C15H16N2O4. The molecule has 0 saturated heterocycles. The van der Waals surface area contributed by atoms with Gasteiger partial charge in [-0.05, 0) is 38.1 Å². The minimum atomic E-state index is -1.04. The van der Waals surface area contributed by atoms with Crippen LogP contribution in [0.5, 0.6) is 0 Å². The van der Waals surface area contributed by atoms with Crippen LogP contribution >= 0.6 is 0 Å². The van der Waals surface area contributed by atoms with Crippen molar-refractivity contribution in [1.82, 2.24) is 9.88 Å². The number of hydrogen-bond donors (Lipinski definition) is 1. The molecule has 0 fully saturated rings. The normalized spacial score (nSPS) is 10.4. The first-order chi connectivity index (χ1) is 10.0. The number of rotatable bonds is 5. The minimum absolute atomic E-state index is 0.324. The maximum atomic E-state index is 12.3. The molecule has 0 aliphatic carbocycles. The second kappa shape index (κ2) is 6.21. The molecule has 0 unspecified atom stereocenters. The second-order valence-electron chi connectivity index (χ2n) is 4.52. The number of carbonyl (C=O) groups is 2. The Morgan fingerprint density at radius 3 is 2.62 bits per heavy atom. The third-order valence-electron chi connectivity index (χ3n) is 3.08. The van der Waals surface area contributed by atoms with Crippen molar-refractivity contribution in [3.63, 3.8) is 0 Å². The smallest absolute Gasteiger partial charge is 0.323 e. The average molecular weight is 288 g/mol. The highest BCUT2D eigenvalue weighted by Crippen LogP contribution is 2.20. The van der Waals surface area contributed by atoms with Gasteiger partial charge in [-0.15, -0.1) is 0 Å². The highest BCUT2D eigenvalue weighted by Gasteiger charge is 2.19. The molecule has 0 bridgehead atoms. The van der Waals surface area contributed by atoms with Gasteiger partial charge in [-0.2, -0.15) is 0 Å². The summed E-state index contributed by atoms with van der Waals surface area (Å²) in [7, 11) is 0. The van der Waals surface area contributed by atoms with Gasteiger partial charge >= 0.3 is 5.97 Å². The van der Waals surface area contributed by atoms with E-state index in [1.54, 1.807) is 44.4 Å². The van der Waals surface area contributed by atoms with Crippen LogP contribution < -0.4 is 0 Å². The zero-order chi connectivity index (χ0) is 15.4. The third-order valence-corrected chi connectivity index (χ3v) is 3.08. The SMILES string of the molecule is CCN(CC(=O)O)C(=O)c1ccc(-c2ccco2)nc1C. The van der Waals surface area contributed by atoms with Gasteiger partial charge in [-0.25, -0.2) is 4.98 Å². The summed E-state index contributed by atoms with van der Waals surface area (Å²) in [5, 5.41) is 8.83. The lowest BCUT2D eigenvalue weighted by Gasteiger charge is -2.19. The Kier molecular flexibility index (Phi) is 4.37. The second-order valence-corrected chi connectivity index (χ2v) is 4.52. The van der Waals surface area contributed by atoms with Crippen molar-refractivity contribution < 1.29 is 19.1 Å². The number of hydrogen-bond acceptors (Lipinski definition) is 4. The summed E-state index contributed by atoms with van der Waals surface area (Å²) >= 11 is 0. The van der Waals surface area contributed by atoms with Crippen LogP contribution in [0.3, 0.4) is 0 Å². The van der Waals surface area contributed by atoms with Crippen molar-refractivity contribution in [1.29, 1.82) is 0 Å². The Morgan fingerprint density at radius 2 is 2.10 bits per heavy atom. The Hall–Kier alpha value is -2.63. The van der Waals surface area contributed by atoms with E-state index in [1.807, 2.05) is 0 Å². The first kappa shape index (κ1) is 14.8.